The average molecular weight is 1240 g/mol. The molecule has 9 heterocycles. The van der Waals surface area contributed by atoms with Crippen molar-refractivity contribution in [2.45, 2.75) is 126 Å². The van der Waals surface area contributed by atoms with Crippen molar-refractivity contribution in [1.82, 2.24) is 59.8 Å². The normalized spacial score (nSPS) is 17.4. The van der Waals surface area contributed by atoms with Crippen molar-refractivity contribution in [3.8, 4) is 33.8 Å². The van der Waals surface area contributed by atoms with Crippen LogP contribution in [0, 0.1) is 6.42 Å². The van der Waals surface area contributed by atoms with Crippen molar-refractivity contribution in [3.05, 3.63) is 219 Å². The predicted octanol–water partition coefficient (Wildman–Crippen LogP) is 13.7. The maximum atomic E-state index is 5.98. The maximum Gasteiger partial charge on any atom is 0.107 e. The minimum atomic E-state index is 0.368. The Balaban J connectivity index is 0.000000108. The van der Waals surface area contributed by atoms with Gasteiger partial charge in [0.2, 0.25) is 0 Å². The first-order chi connectivity index (χ1) is 41.5. The summed E-state index contributed by atoms with van der Waals surface area (Å²) in [5.74, 6) is 2.96. The van der Waals surface area contributed by atoms with Crippen LogP contribution in [-0.2, 0) is 36.0 Å². The van der Waals surface area contributed by atoms with Gasteiger partial charge in [-0.25, -0.2) is 42.7 Å². The van der Waals surface area contributed by atoms with Crippen LogP contribution < -0.4 is 0 Å². The van der Waals surface area contributed by atoms with E-state index in [1.54, 1.807) is 6.20 Å². The molecule has 0 N–H and O–H groups in total. The van der Waals surface area contributed by atoms with E-state index >= 15 is 0 Å². The molecule has 0 saturated heterocycles. The van der Waals surface area contributed by atoms with Crippen molar-refractivity contribution in [3.63, 3.8) is 0 Å². The topological polar surface area (TPSA) is 192 Å². The second-order valence-corrected chi connectivity index (χ2v) is 23.1. The summed E-state index contributed by atoms with van der Waals surface area (Å²) in [7, 11) is 0. The monoisotopic (exact) mass is 1240 g/mol. The summed E-state index contributed by atoms with van der Waals surface area (Å²) in [5, 5.41) is 0.368. The van der Waals surface area contributed by atoms with Crippen molar-refractivity contribution in [2.75, 3.05) is 0 Å². The van der Waals surface area contributed by atoms with Crippen LogP contribution in [0.4, 0.5) is 0 Å². The fraction of sp³-hybridized carbons (Fsp3) is 0.303. The molecule has 84 heavy (non-hydrogen) atoms. The molecule has 6 aliphatic carbocycles. The second-order valence-electron chi connectivity index (χ2n) is 22.7. The Morgan fingerprint density at radius 2 is 0.607 bits per heavy atom. The van der Waals surface area contributed by atoms with Gasteiger partial charge in [0.05, 0.1) is 126 Å². The molecule has 6 aromatic heterocycles. The Morgan fingerprint density at radius 3 is 0.881 bits per heavy atom. The van der Waals surface area contributed by atoms with Crippen molar-refractivity contribution in [1.29, 1.82) is 0 Å². The number of aliphatic imine (C=N–C) groups is 3. The predicted molar refractivity (Wildman–Crippen MR) is 324 cm³/mol. The fourth-order valence-corrected chi connectivity index (χ4v) is 10.7. The largest absolute Gasteiger partial charge is 0.278 e. The van der Waals surface area contributed by atoms with Gasteiger partial charge in [0.1, 0.15) is 22.2 Å². The molecule has 412 valence electrons. The van der Waals surface area contributed by atoms with Crippen LogP contribution in [0.25, 0.3) is 33.8 Å². The number of rotatable bonds is 11. The van der Waals surface area contributed by atoms with Gasteiger partial charge >= 0.3 is 30.0 Å². The van der Waals surface area contributed by atoms with E-state index in [9.17, 15) is 0 Å². The Morgan fingerprint density at radius 1 is 0.345 bits per heavy atom. The molecule has 0 radical (unpaired) electrons. The molecule has 9 aliphatic rings. The number of aromatic nitrogens is 12. The number of fused-ring (bicyclic) bond motifs is 3. The van der Waals surface area contributed by atoms with E-state index in [1.807, 2.05) is 62.0 Å². The number of hydrogen-bond acceptors (Lipinski definition) is 15. The van der Waals surface area contributed by atoms with Gasteiger partial charge in [0.25, 0.3) is 0 Å². The Kier molecular flexibility index (Phi) is 15.7. The zero-order valence-corrected chi connectivity index (χ0v) is 51.7. The first-order valence-corrected chi connectivity index (χ1v) is 36.5. The molecule has 6 fully saturated rings. The van der Waals surface area contributed by atoms with E-state index in [0.29, 0.717) is 60.1 Å². The molecular formula is C66H57BrClN15Zn. The van der Waals surface area contributed by atoms with Crippen molar-refractivity contribution >= 4 is 42.4 Å². The average Bonchev–Trinajstić information content (AvgIpc) is 4.48. The van der Waals surface area contributed by atoms with Gasteiger partial charge in [0, 0.05) is 94.0 Å². The molecular weight excluding hydrogens is 1180 g/mol. The molecule has 0 bridgehead atoms. The maximum absolute atomic E-state index is 5.98. The van der Waals surface area contributed by atoms with Gasteiger partial charge in [-0.05, 0) is 99.1 Å². The molecule has 0 amide bonds. The quantitative estimate of drug-likeness (QED) is 0.0880. The summed E-state index contributed by atoms with van der Waals surface area (Å²) in [5.41, 5.74) is 23.7. The first-order valence-electron chi connectivity index (χ1n) is 29.2. The number of halogens is 2. The van der Waals surface area contributed by atoms with Crippen LogP contribution in [-0.4, -0.2) is 76.9 Å². The van der Waals surface area contributed by atoms with Crippen LogP contribution >= 0.6 is 25.2 Å². The Labute approximate surface area is 509 Å². The summed E-state index contributed by atoms with van der Waals surface area (Å²) < 4.78 is 0. The molecule has 3 aliphatic heterocycles. The molecule has 3 aromatic carbocycles. The van der Waals surface area contributed by atoms with E-state index < -0.39 is 0 Å². The zero-order chi connectivity index (χ0) is 56.5. The molecule has 0 spiro atoms. The smallest absolute Gasteiger partial charge is 0.107 e. The van der Waals surface area contributed by atoms with E-state index in [4.69, 9.17) is 46.5 Å². The summed E-state index contributed by atoms with van der Waals surface area (Å²) in [4.78, 5) is 68.8. The van der Waals surface area contributed by atoms with Gasteiger partial charge in [0.15, 0.2) is 0 Å². The number of nitrogens with zero attached hydrogens (tertiary/aromatic N) is 15. The van der Waals surface area contributed by atoms with Crippen LogP contribution in [0.3, 0.4) is 0 Å². The Hall–Kier alpha value is -7.46. The molecule has 15 nitrogen and oxygen atoms in total. The minimum Gasteiger partial charge on any atom is -0.278 e. The van der Waals surface area contributed by atoms with Crippen LogP contribution in [0.2, 0.25) is 5.15 Å². The first kappa shape index (κ1) is 54.5. The zero-order valence-electron chi connectivity index (χ0n) is 46.4. The third-order valence-electron chi connectivity index (χ3n) is 16.1. The summed E-state index contributed by atoms with van der Waals surface area (Å²) in [6.45, 7) is 2.05. The van der Waals surface area contributed by atoms with E-state index in [0.717, 1.165) is 107 Å². The standard InChI is InChI=1S/2C22H19N5.C19H14ClN5.C3H5.BrH.Zn/c2*1-2-13(1)18-9-23-11-20(26-18)15-5-6-16-8-25-22(17(16)7-15)21-12-24-10-19(27-21)14-3-4-14;20-18-10-22-9-17(25-18)19-14-5-12(3-4-13(14)6-23-19)16-8-21-7-15(24-16)11-1-2-11;1-2-3-1;;/h2*5-7,9-14H,1-4,8H2;3-5,7-11H,1-2,6H2;1H,2-3H2;1H;/q;;;-1;;+2/p-1. The molecule has 0 unspecified atom stereocenters. The number of hydrogen-bond donors (Lipinski definition) is 0. The SMILES string of the molecule is Clc1cncc(C2=NCc3ccc(-c4cncc(C5CC5)n4)cc32)n1.[CH-]1CC1.[Zn+][Br].c1cc2c(cc1-c1cncc(C3CC3)n1)C(c1cncc(C3CC3)n1)=NC2.c1cc2c(cc1-c1cncc(C3CC3)n1)C(c1cncc(C3CC3)n1)=NC2. The van der Waals surface area contributed by atoms with E-state index in [1.165, 1.54) is 116 Å². The van der Waals surface area contributed by atoms with Crippen molar-refractivity contribution in [2.24, 2.45) is 15.0 Å². The third kappa shape index (κ3) is 12.6. The molecule has 18 heteroatoms. The second kappa shape index (κ2) is 24.3. The molecule has 18 rings (SSSR count). The van der Waals surface area contributed by atoms with Gasteiger partial charge in [-0.2, -0.15) is 0 Å². The van der Waals surface area contributed by atoms with Crippen LogP contribution in [0.15, 0.2) is 144 Å². The number of benzene rings is 3. The van der Waals surface area contributed by atoms with Gasteiger partial charge in [-0.1, -0.05) is 48.0 Å². The van der Waals surface area contributed by atoms with E-state index in [-0.39, 0.29) is 0 Å². The third-order valence-corrected chi connectivity index (χ3v) is 16.3. The molecule has 9 aromatic rings. The Bertz CT molecular complexity index is 3880. The fourth-order valence-electron chi connectivity index (χ4n) is 10.6. The van der Waals surface area contributed by atoms with Crippen LogP contribution in [0.1, 0.15) is 186 Å². The summed E-state index contributed by atoms with van der Waals surface area (Å²) >= 11 is 10.2. The molecule has 0 atom stereocenters. The van der Waals surface area contributed by atoms with Crippen molar-refractivity contribution < 1.29 is 16.3 Å². The van der Waals surface area contributed by atoms with Gasteiger partial charge < -0.3 is 6.42 Å². The molecule has 6 saturated carbocycles. The van der Waals surface area contributed by atoms with Gasteiger partial charge in [-0.15, -0.1) is 0 Å². The summed E-state index contributed by atoms with van der Waals surface area (Å²) in [6.07, 6.45) is 39.1. The van der Waals surface area contributed by atoms with Crippen LogP contribution in [0.5, 0.6) is 0 Å². The minimum absolute atomic E-state index is 0.368. The van der Waals surface area contributed by atoms with E-state index in [2.05, 4.69) is 115 Å². The van der Waals surface area contributed by atoms with Gasteiger partial charge in [-0.3, -0.25) is 44.9 Å². The summed E-state index contributed by atoms with van der Waals surface area (Å²) in [6, 6.07) is 19.3.